The number of aryl methyl sites for hydroxylation is 1. The Morgan fingerprint density at radius 1 is 1.04 bits per heavy atom. The van der Waals surface area contributed by atoms with E-state index >= 15 is 0 Å². The van der Waals surface area contributed by atoms with Gasteiger partial charge in [-0.3, -0.25) is 4.79 Å². The van der Waals surface area contributed by atoms with Gasteiger partial charge in [-0.1, -0.05) is 29.8 Å². The summed E-state index contributed by atoms with van der Waals surface area (Å²) in [5.41, 5.74) is 0.998. The van der Waals surface area contributed by atoms with E-state index < -0.39 is 15.1 Å². The van der Waals surface area contributed by atoms with Gasteiger partial charge in [-0.2, -0.15) is 0 Å². The largest absolute Gasteiger partial charge is 0.350 e. The SMILES string of the molecule is Cc1ccc(S(=O)(=O)C(CNC(=O)c2cccs2)c2cccs2)cc1. The van der Waals surface area contributed by atoms with Crippen LogP contribution in [0.15, 0.2) is 64.2 Å². The van der Waals surface area contributed by atoms with E-state index in [1.807, 2.05) is 23.8 Å². The van der Waals surface area contributed by atoms with Gasteiger partial charge in [-0.25, -0.2) is 8.42 Å². The Bertz CT molecular complexity index is 928. The normalized spacial score (nSPS) is 12.7. The first-order valence-electron chi connectivity index (χ1n) is 7.64. The van der Waals surface area contributed by atoms with Crippen molar-refractivity contribution in [2.24, 2.45) is 0 Å². The molecule has 0 saturated carbocycles. The highest BCUT2D eigenvalue weighted by Gasteiger charge is 2.30. The van der Waals surface area contributed by atoms with E-state index in [9.17, 15) is 13.2 Å². The molecule has 2 aromatic heterocycles. The number of sulfone groups is 1. The van der Waals surface area contributed by atoms with Crippen molar-refractivity contribution in [2.45, 2.75) is 17.1 Å². The van der Waals surface area contributed by atoms with Gasteiger partial charge in [0.1, 0.15) is 5.25 Å². The standard InChI is InChI=1S/C18H17NO3S3/c1-13-6-8-14(9-7-13)25(21,22)17(15-4-2-10-23-15)12-19-18(20)16-5-3-11-24-16/h2-11,17H,12H2,1H3,(H,19,20). The average molecular weight is 392 g/mol. The molecule has 1 N–H and O–H groups in total. The number of thiophene rings is 2. The number of nitrogens with one attached hydrogen (secondary N) is 1. The summed E-state index contributed by atoms with van der Waals surface area (Å²) >= 11 is 2.70. The minimum absolute atomic E-state index is 0.0352. The lowest BCUT2D eigenvalue weighted by Crippen LogP contribution is -2.31. The van der Waals surface area contributed by atoms with Crippen molar-refractivity contribution in [2.75, 3.05) is 6.54 Å². The fraction of sp³-hybridized carbons (Fsp3) is 0.167. The highest BCUT2D eigenvalue weighted by Crippen LogP contribution is 2.31. The van der Waals surface area contributed by atoms with Crippen LogP contribution in [-0.4, -0.2) is 20.9 Å². The van der Waals surface area contributed by atoms with E-state index in [2.05, 4.69) is 5.32 Å². The first-order valence-corrected chi connectivity index (χ1v) is 10.9. The Morgan fingerprint density at radius 2 is 1.72 bits per heavy atom. The molecule has 0 aliphatic rings. The maximum absolute atomic E-state index is 13.1. The third-order valence-corrected chi connectivity index (χ3v) is 7.88. The van der Waals surface area contributed by atoms with Crippen LogP contribution in [0.1, 0.15) is 25.4 Å². The lowest BCUT2D eigenvalue weighted by Gasteiger charge is -2.17. The molecule has 130 valence electrons. The van der Waals surface area contributed by atoms with Crippen LogP contribution < -0.4 is 5.32 Å². The maximum Gasteiger partial charge on any atom is 0.261 e. The molecular weight excluding hydrogens is 374 g/mol. The molecular formula is C18H17NO3S3. The Hall–Kier alpha value is -1.96. The second-order valence-corrected chi connectivity index (χ2v) is 9.61. The topological polar surface area (TPSA) is 63.2 Å². The third-order valence-electron chi connectivity index (χ3n) is 3.78. The number of hydrogen-bond donors (Lipinski definition) is 1. The number of carbonyl (C=O) groups excluding carboxylic acids is 1. The van der Waals surface area contributed by atoms with E-state index in [1.165, 1.54) is 22.7 Å². The predicted octanol–water partition coefficient (Wildman–Crippen LogP) is 4.06. The summed E-state index contributed by atoms with van der Waals surface area (Å²) in [6.45, 7) is 1.95. The van der Waals surface area contributed by atoms with E-state index in [4.69, 9.17) is 0 Å². The van der Waals surface area contributed by atoms with Crippen molar-refractivity contribution >= 4 is 38.4 Å². The zero-order chi connectivity index (χ0) is 17.9. The van der Waals surface area contributed by atoms with Gasteiger partial charge in [0.05, 0.1) is 9.77 Å². The first-order chi connectivity index (χ1) is 12.0. The summed E-state index contributed by atoms with van der Waals surface area (Å²) in [4.78, 5) is 13.7. The summed E-state index contributed by atoms with van der Waals surface area (Å²) in [5, 5.41) is 5.61. The number of rotatable bonds is 6. The number of carbonyl (C=O) groups is 1. The Kier molecular flexibility index (Phi) is 5.36. The molecule has 0 aliphatic carbocycles. The van der Waals surface area contributed by atoms with Gasteiger partial charge in [0.2, 0.25) is 0 Å². The molecule has 4 nitrogen and oxygen atoms in total. The lowest BCUT2D eigenvalue weighted by molar-refractivity contribution is 0.0958. The zero-order valence-electron chi connectivity index (χ0n) is 13.5. The molecule has 1 atom stereocenters. The van der Waals surface area contributed by atoms with Gasteiger partial charge in [-0.15, -0.1) is 22.7 Å². The highest BCUT2D eigenvalue weighted by molar-refractivity contribution is 7.91. The number of benzene rings is 1. The van der Waals surface area contributed by atoms with Crippen LogP contribution in [-0.2, 0) is 9.84 Å². The fourth-order valence-electron chi connectivity index (χ4n) is 2.41. The summed E-state index contributed by atoms with van der Waals surface area (Å²) < 4.78 is 26.2. The van der Waals surface area contributed by atoms with Crippen LogP contribution >= 0.6 is 22.7 Å². The molecule has 3 aromatic rings. The summed E-state index contributed by atoms with van der Waals surface area (Å²) in [6.07, 6.45) is 0. The molecule has 25 heavy (non-hydrogen) atoms. The Labute approximate surface area is 155 Å². The van der Waals surface area contributed by atoms with Crippen LogP contribution in [0.3, 0.4) is 0 Å². The molecule has 1 amide bonds. The first kappa shape index (κ1) is 17.8. The van der Waals surface area contributed by atoms with Crippen LogP contribution in [0.2, 0.25) is 0 Å². The van der Waals surface area contributed by atoms with Gasteiger partial charge in [0, 0.05) is 11.4 Å². The predicted molar refractivity (Wildman–Crippen MR) is 102 cm³/mol. The Morgan fingerprint density at radius 3 is 2.32 bits per heavy atom. The molecule has 0 aliphatic heterocycles. The van der Waals surface area contributed by atoms with Gasteiger partial charge in [-0.05, 0) is 41.9 Å². The summed E-state index contributed by atoms with van der Waals surface area (Å²) in [5.74, 6) is -0.254. The van der Waals surface area contributed by atoms with Crippen molar-refractivity contribution in [3.63, 3.8) is 0 Å². The van der Waals surface area contributed by atoms with Crippen molar-refractivity contribution in [3.05, 3.63) is 74.6 Å². The van der Waals surface area contributed by atoms with Crippen LogP contribution in [0, 0.1) is 6.92 Å². The molecule has 7 heteroatoms. The van der Waals surface area contributed by atoms with Crippen molar-refractivity contribution in [1.29, 1.82) is 0 Å². The monoisotopic (exact) mass is 391 g/mol. The zero-order valence-corrected chi connectivity index (χ0v) is 16.0. The van der Waals surface area contributed by atoms with Crippen molar-refractivity contribution in [3.8, 4) is 0 Å². The highest BCUT2D eigenvalue weighted by atomic mass is 32.2. The van der Waals surface area contributed by atoms with E-state index in [1.54, 1.807) is 42.5 Å². The molecule has 0 spiro atoms. The lowest BCUT2D eigenvalue weighted by atomic mass is 10.2. The number of amides is 1. The minimum Gasteiger partial charge on any atom is -0.350 e. The Balaban J connectivity index is 1.87. The van der Waals surface area contributed by atoms with Gasteiger partial charge in [0.25, 0.3) is 5.91 Å². The van der Waals surface area contributed by atoms with Gasteiger partial charge >= 0.3 is 0 Å². The van der Waals surface area contributed by atoms with Crippen LogP contribution in [0.5, 0.6) is 0 Å². The molecule has 0 bridgehead atoms. The molecule has 1 unspecified atom stereocenters. The fourth-order valence-corrected chi connectivity index (χ4v) is 5.83. The van der Waals surface area contributed by atoms with Crippen molar-refractivity contribution in [1.82, 2.24) is 5.32 Å². The number of hydrogen-bond acceptors (Lipinski definition) is 5. The quantitative estimate of drug-likeness (QED) is 0.689. The van der Waals surface area contributed by atoms with Gasteiger partial charge in [0.15, 0.2) is 9.84 Å². The molecule has 3 rings (SSSR count). The van der Waals surface area contributed by atoms with Gasteiger partial charge < -0.3 is 5.32 Å². The smallest absolute Gasteiger partial charge is 0.261 e. The molecule has 0 saturated heterocycles. The summed E-state index contributed by atoms with van der Waals surface area (Å²) in [7, 11) is -3.61. The molecule has 0 fully saturated rings. The van der Waals surface area contributed by atoms with E-state index in [-0.39, 0.29) is 17.3 Å². The molecule has 2 heterocycles. The summed E-state index contributed by atoms with van der Waals surface area (Å²) in [6, 6.07) is 13.9. The minimum atomic E-state index is -3.61. The van der Waals surface area contributed by atoms with Crippen molar-refractivity contribution < 1.29 is 13.2 Å². The van der Waals surface area contributed by atoms with E-state index in [0.29, 0.717) is 9.75 Å². The van der Waals surface area contributed by atoms with E-state index in [0.717, 1.165) is 5.56 Å². The second kappa shape index (κ2) is 7.51. The molecule has 0 radical (unpaired) electrons. The average Bonchev–Trinajstić information content (AvgIpc) is 3.29. The van der Waals surface area contributed by atoms with Crippen LogP contribution in [0.4, 0.5) is 0 Å². The second-order valence-electron chi connectivity index (χ2n) is 5.55. The van der Waals surface area contributed by atoms with Crippen LogP contribution in [0.25, 0.3) is 0 Å². The third kappa shape index (κ3) is 4.00. The molecule has 1 aromatic carbocycles. The maximum atomic E-state index is 13.1.